The Balaban J connectivity index is 1.82. The van der Waals surface area contributed by atoms with Gasteiger partial charge in [0.2, 0.25) is 5.91 Å². The Kier molecular flexibility index (Phi) is 6.24. The summed E-state index contributed by atoms with van der Waals surface area (Å²) in [5.41, 5.74) is 7.31. The summed E-state index contributed by atoms with van der Waals surface area (Å²) in [4.78, 5) is 16.6. The van der Waals surface area contributed by atoms with E-state index in [1.165, 1.54) is 5.56 Å². The van der Waals surface area contributed by atoms with Crippen molar-refractivity contribution in [1.82, 2.24) is 9.80 Å². The maximum absolute atomic E-state index is 12.4. The van der Waals surface area contributed by atoms with Gasteiger partial charge in [-0.15, -0.1) is 0 Å². The van der Waals surface area contributed by atoms with Crippen molar-refractivity contribution in [2.45, 2.75) is 32.9 Å². The van der Waals surface area contributed by atoms with E-state index in [2.05, 4.69) is 24.0 Å². The van der Waals surface area contributed by atoms with Crippen molar-refractivity contribution in [3.63, 3.8) is 0 Å². The number of hydrogen-bond donors (Lipinski definition) is 1. The van der Waals surface area contributed by atoms with Gasteiger partial charge >= 0.3 is 0 Å². The van der Waals surface area contributed by atoms with Crippen LogP contribution in [-0.4, -0.2) is 47.9 Å². The van der Waals surface area contributed by atoms with E-state index in [4.69, 9.17) is 17.3 Å². The lowest BCUT2D eigenvalue weighted by molar-refractivity contribution is -0.135. The van der Waals surface area contributed by atoms with Crippen LogP contribution in [0.2, 0.25) is 5.02 Å². The molecule has 0 spiro atoms. The molecule has 0 aromatic heterocycles. The molecule has 1 aromatic carbocycles. The molecule has 1 heterocycles. The third-order valence-electron chi connectivity index (χ3n) is 4.55. The van der Waals surface area contributed by atoms with Crippen molar-refractivity contribution < 1.29 is 4.79 Å². The lowest BCUT2D eigenvalue weighted by atomic mass is 9.98. The van der Waals surface area contributed by atoms with Crippen molar-refractivity contribution in [2.75, 3.05) is 26.2 Å². The molecule has 122 valence electrons. The van der Waals surface area contributed by atoms with Gasteiger partial charge < -0.3 is 10.6 Å². The number of piperazine rings is 1. The zero-order valence-corrected chi connectivity index (χ0v) is 14.2. The summed E-state index contributed by atoms with van der Waals surface area (Å²) in [6.07, 6.45) is 0.934. The molecule has 1 amide bonds. The van der Waals surface area contributed by atoms with Crippen molar-refractivity contribution in [2.24, 2.45) is 11.7 Å². The Labute approximate surface area is 138 Å². The first-order chi connectivity index (χ1) is 10.5. The second kappa shape index (κ2) is 7.95. The average Bonchev–Trinajstić information content (AvgIpc) is 2.55. The standard InChI is InChI=1S/C17H26ClN3O/c1-3-13(2)16(19)17(22)21-10-8-20(9-11-21)12-14-4-6-15(18)7-5-14/h4-7,13,16H,3,8-12,19H2,1-2H3. The number of benzene rings is 1. The number of hydrogen-bond acceptors (Lipinski definition) is 3. The fraction of sp³-hybridized carbons (Fsp3) is 0.588. The maximum atomic E-state index is 12.4. The van der Waals surface area contributed by atoms with Crippen molar-refractivity contribution >= 4 is 17.5 Å². The average molecular weight is 324 g/mol. The molecule has 2 N–H and O–H groups in total. The largest absolute Gasteiger partial charge is 0.339 e. The number of amides is 1. The molecule has 2 unspecified atom stereocenters. The van der Waals surface area contributed by atoms with Gasteiger partial charge in [0.25, 0.3) is 0 Å². The molecular formula is C17H26ClN3O. The zero-order valence-electron chi connectivity index (χ0n) is 13.5. The Morgan fingerprint density at radius 3 is 2.36 bits per heavy atom. The number of rotatable bonds is 5. The van der Waals surface area contributed by atoms with Gasteiger partial charge in [0.05, 0.1) is 6.04 Å². The molecule has 0 saturated carbocycles. The van der Waals surface area contributed by atoms with Crippen molar-refractivity contribution in [3.8, 4) is 0 Å². The molecule has 5 heteroatoms. The second-order valence-corrected chi connectivity index (χ2v) is 6.58. The van der Waals surface area contributed by atoms with Gasteiger partial charge in [0, 0.05) is 37.7 Å². The predicted molar refractivity (Wildman–Crippen MR) is 90.7 cm³/mol. The van der Waals surface area contributed by atoms with E-state index < -0.39 is 0 Å². The highest BCUT2D eigenvalue weighted by Gasteiger charge is 2.27. The molecule has 1 fully saturated rings. The molecule has 2 rings (SSSR count). The van der Waals surface area contributed by atoms with Crippen LogP contribution in [-0.2, 0) is 11.3 Å². The minimum atomic E-state index is -0.368. The van der Waals surface area contributed by atoms with E-state index in [0.717, 1.165) is 44.2 Å². The Bertz CT molecular complexity index is 483. The zero-order chi connectivity index (χ0) is 16.1. The van der Waals surface area contributed by atoms with Crippen molar-refractivity contribution in [3.05, 3.63) is 34.9 Å². The molecule has 0 bridgehead atoms. The molecule has 2 atom stereocenters. The molecule has 22 heavy (non-hydrogen) atoms. The van der Waals surface area contributed by atoms with E-state index in [1.807, 2.05) is 24.0 Å². The fourth-order valence-electron chi connectivity index (χ4n) is 2.68. The van der Waals surface area contributed by atoms with Gasteiger partial charge in [-0.2, -0.15) is 0 Å². The number of nitrogens with two attached hydrogens (primary N) is 1. The van der Waals surface area contributed by atoms with E-state index in [9.17, 15) is 4.79 Å². The number of carbonyl (C=O) groups is 1. The van der Waals surface area contributed by atoms with Crippen LogP contribution in [0.25, 0.3) is 0 Å². The van der Waals surface area contributed by atoms with Crippen LogP contribution in [0, 0.1) is 5.92 Å². The molecule has 4 nitrogen and oxygen atoms in total. The van der Waals surface area contributed by atoms with Gasteiger partial charge in [-0.1, -0.05) is 44.0 Å². The highest BCUT2D eigenvalue weighted by molar-refractivity contribution is 6.30. The number of nitrogens with zero attached hydrogens (tertiary/aromatic N) is 2. The van der Waals surface area contributed by atoms with Crippen LogP contribution in [0.4, 0.5) is 0 Å². The summed E-state index contributed by atoms with van der Waals surface area (Å²) in [5.74, 6) is 0.333. The van der Waals surface area contributed by atoms with Gasteiger partial charge in [0.15, 0.2) is 0 Å². The van der Waals surface area contributed by atoms with Crippen LogP contribution in [0.15, 0.2) is 24.3 Å². The molecule has 1 aliphatic rings. The van der Waals surface area contributed by atoms with Gasteiger partial charge in [-0.05, 0) is 23.6 Å². The first-order valence-corrected chi connectivity index (χ1v) is 8.40. The SMILES string of the molecule is CCC(C)C(N)C(=O)N1CCN(Cc2ccc(Cl)cc2)CC1. The van der Waals surface area contributed by atoms with E-state index in [-0.39, 0.29) is 17.9 Å². The summed E-state index contributed by atoms with van der Waals surface area (Å²) in [6.45, 7) is 8.31. The molecule has 0 aliphatic carbocycles. The first kappa shape index (κ1) is 17.3. The Morgan fingerprint density at radius 1 is 1.23 bits per heavy atom. The Hall–Kier alpha value is -1.10. The van der Waals surface area contributed by atoms with Gasteiger partial charge in [0.1, 0.15) is 0 Å². The van der Waals surface area contributed by atoms with Gasteiger partial charge in [-0.3, -0.25) is 9.69 Å². The summed E-state index contributed by atoms with van der Waals surface area (Å²) in [5, 5.41) is 0.762. The Morgan fingerprint density at radius 2 is 1.82 bits per heavy atom. The van der Waals surface area contributed by atoms with E-state index in [0.29, 0.717) is 0 Å². The topological polar surface area (TPSA) is 49.6 Å². The van der Waals surface area contributed by atoms with E-state index >= 15 is 0 Å². The smallest absolute Gasteiger partial charge is 0.239 e. The highest BCUT2D eigenvalue weighted by atomic mass is 35.5. The first-order valence-electron chi connectivity index (χ1n) is 8.02. The highest BCUT2D eigenvalue weighted by Crippen LogP contribution is 2.14. The minimum Gasteiger partial charge on any atom is -0.339 e. The van der Waals surface area contributed by atoms with Crippen LogP contribution < -0.4 is 5.73 Å². The minimum absolute atomic E-state index is 0.0977. The predicted octanol–water partition coefficient (Wildman–Crippen LogP) is 2.36. The number of carbonyl (C=O) groups excluding carboxylic acids is 1. The summed E-state index contributed by atoms with van der Waals surface area (Å²) >= 11 is 5.91. The van der Waals surface area contributed by atoms with Crippen LogP contribution in [0.1, 0.15) is 25.8 Å². The molecule has 1 aliphatic heterocycles. The lowest BCUT2D eigenvalue weighted by Gasteiger charge is -2.36. The van der Waals surface area contributed by atoms with Gasteiger partial charge in [-0.25, -0.2) is 0 Å². The summed E-state index contributed by atoms with van der Waals surface area (Å²) in [6, 6.07) is 7.58. The molecule has 0 radical (unpaired) electrons. The maximum Gasteiger partial charge on any atom is 0.239 e. The van der Waals surface area contributed by atoms with Crippen molar-refractivity contribution in [1.29, 1.82) is 0 Å². The lowest BCUT2D eigenvalue weighted by Crippen LogP contribution is -2.54. The quantitative estimate of drug-likeness (QED) is 0.905. The summed E-state index contributed by atoms with van der Waals surface area (Å²) in [7, 11) is 0. The fourth-order valence-corrected chi connectivity index (χ4v) is 2.81. The van der Waals surface area contributed by atoms with Crippen LogP contribution in [0.5, 0.6) is 0 Å². The normalized spacial score (nSPS) is 19.0. The second-order valence-electron chi connectivity index (χ2n) is 6.14. The van der Waals surface area contributed by atoms with Crippen LogP contribution in [0.3, 0.4) is 0 Å². The van der Waals surface area contributed by atoms with E-state index in [1.54, 1.807) is 0 Å². The number of halogens is 1. The third-order valence-corrected chi connectivity index (χ3v) is 4.80. The monoisotopic (exact) mass is 323 g/mol. The van der Waals surface area contributed by atoms with Crippen LogP contribution >= 0.6 is 11.6 Å². The molecule has 1 aromatic rings. The molecular weight excluding hydrogens is 298 g/mol. The summed E-state index contributed by atoms with van der Waals surface area (Å²) < 4.78 is 0. The third kappa shape index (κ3) is 4.45. The molecule has 1 saturated heterocycles.